The third kappa shape index (κ3) is 3.68. The van der Waals surface area contributed by atoms with E-state index in [0.29, 0.717) is 18.4 Å². The number of primary amides is 1. The summed E-state index contributed by atoms with van der Waals surface area (Å²) in [6.07, 6.45) is 5.51. The molecule has 1 heterocycles. The molecule has 2 aliphatic rings. The van der Waals surface area contributed by atoms with E-state index >= 15 is 0 Å². The first kappa shape index (κ1) is 12.8. The van der Waals surface area contributed by atoms with Gasteiger partial charge in [0.15, 0.2) is 0 Å². The number of hydrogen-bond donors (Lipinski definition) is 1. The van der Waals surface area contributed by atoms with Crippen LogP contribution in [0.1, 0.15) is 32.1 Å². The van der Waals surface area contributed by atoms with Gasteiger partial charge in [0.1, 0.15) is 0 Å². The maximum absolute atomic E-state index is 11.0. The van der Waals surface area contributed by atoms with Crippen LogP contribution < -0.4 is 5.73 Å². The molecule has 0 aromatic heterocycles. The van der Waals surface area contributed by atoms with Gasteiger partial charge in [-0.25, -0.2) is 0 Å². The van der Waals surface area contributed by atoms with E-state index in [-0.39, 0.29) is 5.91 Å². The molecule has 2 N–H and O–H groups in total. The van der Waals surface area contributed by atoms with Crippen LogP contribution in [-0.4, -0.2) is 55.0 Å². The van der Waals surface area contributed by atoms with Crippen molar-refractivity contribution in [1.29, 1.82) is 0 Å². The Bertz CT molecular complexity index is 261. The first-order chi connectivity index (χ1) is 8.15. The number of piperazine rings is 1. The smallest absolute Gasteiger partial charge is 0.217 e. The molecule has 2 atom stereocenters. The Kier molecular flexibility index (Phi) is 4.40. The number of likely N-dealkylation sites (N-methyl/N-ethyl adjacent to an activating group) is 1. The Labute approximate surface area is 104 Å². The van der Waals surface area contributed by atoms with E-state index in [1.807, 2.05) is 0 Å². The predicted molar refractivity (Wildman–Crippen MR) is 68.6 cm³/mol. The van der Waals surface area contributed by atoms with Crippen LogP contribution in [0.15, 0.2) is 0 Å². The molecule has 4 heteroatoms. The molecule has 17 heavy (non-hydrogen) atoms. The molecular weight excluding hydrogens is 214 g/mol. The van der Waals surface area contributed by atoms with Gasteiger partial charge in [0, 0.05) is 38.6 Å². The van der Waals surface area contributed by atoms with Crippen molar-refractivity contribution in [2.75, 3.05) is 33.2 Å². The predicted octanol–water partition coefficient (Wildman–Crippen LogP) is 0.668. The van der Waals surface area contributed by atoms with E-state index in [9.17, 15) is 4.79 Å². The van der Waals surface area contributed by atoms with Gasteiger partial charge >= 0.3 is 0 Å². The van der Waals surface area contributed by atoms with Crippen molar-refractivity contribution in [2.45, 2.75) is 38.1 Å². The van der Waals surface area contributed by atoms with Gasteiger partial charge in [-0.05, 0) is 32.2 Å². The monoisotopic (exact) mass is 239 g/mol. The molecule has 2 fully saturated rings. The second-order valence-corrected chi connectivity index (χ2v) is 5.70. The molecule has 1 saturated carbocycles. The highest BCUT2D eigenvalue weighted by atomic mass is 16.1. The first-order valence-corrected chi connectivity index (χ1v) is 6.86. The summed E-state index contributed by atoms with van der Waals surface area (Å²) >= 11 is 0. The van der Waals surface area contributed by atoms with Crippen LogP contribution >= 0.6 is 0 Å². The zero-order chi connectivity index (χ0) is 12.3. The largest absolute Gasteiger partial charge is 0.370 e. The minimum atomic E-state index is -0.131. The number of carbonyl (C=O) groups is 1. The molecule has 98 valence electrons. The van der Waals surface area contributed by atoms with Crippen LogP contribution in [0.3, 0.4) is 0 Å². The summed E-state index contributed by atoms with van der Waals surface area (Å²) in [5.74, 6) is 0.403. The SMILES string of the molecule is CN1CCN([C@H]2CCC[C@@H](CC(N)=O)C2)CC1. The van der Waals surface area contributed by atoms with Crippen LogP contribution in [-0.2, 0) is 4.79 Å². The molecule has 2 rings (SSSR count). The molecule has 0 spiro atoms. The third-order valence-corrected chi connectivity index (χ3v) is 4.30. The summed E-state index contributed by atoms with van der Waals surface area (Å²) in [5.41, 5.74) is 5.31. The highest BCUT2D eigenvalue weighted by Crippen LogP contribution is 2.30. The van der Waals surface area contributed by atoms with E-state index in [2.05, 4.69) is 16.8 Å². The lowest BCUT2D eigenvalue weighted by molar-refractivity contribution is -0.119. The highest BCUT2D eigenvalue weighted by Gasteiger charge is 2.28. The molecule has 1 saturated heterocycles. The second kappa shape index (κ2) is 5.83. The van der Waals surface area contributed by atoms with E-state index in [0.717, 1.165) is 0 Å². The van der Waals surface area contributed by atoms with Gasteiger partial charge in [-0.15, -0.1) is 0 Å². The lowest BCUT2D eigenvalue weighted by Gasteiger charge is -2.41. The standard InChI is InChI=1S/C13H25N3O/c1-15-5-7-16(8-6-15)12-4-2-3-11(9-12)10-13(14)17/h11-12H,2-10H2,1H3,(H2,14,17)/t11-,12+/m1/s1. The van der Waals surface area contributed by atoms with Crippen LogP contribution in [0.25, 0.3) is 0 Å². The van der Waals surface area contributed by atoms with E-state index in [4.69, 9.17) is 5.73 Å². The normalized spacial score (nSPS) is 32.5. The van der Waals surface area contributed by atoms with Crippen LogP contribution in [0, 0.1) is 5.92 Å². The molecule has 1 aliphatic heterocycles. The minimum Gasteiger partial charge on any atom is -0.370 e. The van der Waals surface area contributed by atoms with Gasteiger partial charge in [0.05, 0.1) is 0 Å². The van der Waals surface area contributed by atoms with Gasteiger partial charge in [-0.2, -0.15) is 0 Å². The van der Waals surface area contributed by atoms with Crippen molar-refractivity contribution in [3.05, 3.63) is 0 Å². The number of amides is 1. The molecule has 0 aromatic rings. The minimum absolute atomic E-state index is 0.131. The van der Waals surface area contributed by atoms with Crippen molar-refractivity contribution < 1.29 is 4.79 Å². The lowest BCUT2D eigenvalue weighted by Crippen LogP contribution is -2.50. The molecule has 1 aliphatic carbocycles. The molecule has 0 unspecified atom stereocenters. The highest BCUT2D eigenvalue weighted by molar-refractivity contribution is 5.73. The third-order valence-electron chi connectivity index (χ3n) is 4.30. The Morgan fingerprint density at radius 1 is 1.24 bits per heavy atom. The van der Waals surface area contributed by atoms with Crippen molar-refractivity contribution in [2.24, 2.45) is 11.7 Å². The summed E-state index contributed by atoms with van der Waals surface area (Å²) in [6, 6.07) is 0.696. The molecule has 0 bridgehead atoms. The zero-order valence-electron chi connectivity index (χ0n) is 10.9. The average Bonchev–Trinajstić information content (AvgIpc) is 2.29. The van der Waals surface area contributed by atoms with Gasteiger partial charge in [0.25, 0.3) is 0 Å². The van der Waals surface area contributed by atoms with Crippen molar-refractivity contribution in [3.8, 4) is 0 Å². The number of rotatable bonds is 3. The van der Waals surface area contributed by atoms with Crippen LogP contribution in [0.2, 0.25) is 0 Å². The summed E-state index contributed by atoms with van der Waals surface area (Å²) in [6.45, 7) is 4.73. The molecule has 0 aromatic carbocycles. The summed E-state index contributed by atoms with van der Waals surface area (Å²) in [7, 11) is 2.19. The zero-order valence-corrected chi connectivity index (χ0v) is 10.9. The Hall–Kier alpha value is -0.610. The van der Waals surface area contributed by atoms with E-state index in [1.165, 1.54) is 51.9 Å². The summed E-state index contributed by atoms with van der Waals surface area (Å²) in [4.78, 5) is 16.0. The Morgan fingerprint density at radius 3 is 2.59 bits per heavy atom. The molecule has 1 amide bonds. The van der Waals surface area contributed by atoms with Crippen LogP contribution in [0.4, 0.5) is 0 Å². The lowest BCUT2D eigenvalue weighted by atomic mass is 9.82. The maximum Gasteiger partial charge on any atom is 0.217 e. The fraction of sp³-hybridized carbons (Fsp3) is 0.923. The topological polar surface area (TPSA) is 49.6 Å². The fourth-order valence-electron chi connectivity index (χ4n) is 3.25. The van der Waals surface area contributed by atoms with E-state index < -0.39 is 0 Å². The number of carbonyl (C=O) groups excluding carboxylic acids is 1. The van der Waals surface area contributed by atoms with Gasteiger partial charge in [-0.3, -0.25) is 9.69 Å². The van der Waals surface area contributed by atoms with Crippen molar-refractivity contribution >= 4 is 5.91 Å². The quantitative estimate of drug-likeness (QED) is 0.787. The van der Waals surface area contributed by atoms with Gasteiger partial charge < -0.3 is 10.6 Å². The van der Waals surface area contributed by atoms with Crippen molar-refractivity contribution in [3.63, 3.8) is 0 Å². The summed E-state index contributed by atoms with van der Waals surface area (Å²) < 4.78 is 0. The molecule has 0 radical (unpaired) electrons. The second-order valence-electron chi connectivity index (χ2n) is 5.70. The first-order valence-electron chi connectivity index (χ1n) is 6.86. The summed E-state index contributed by atoms with van der Waals surface area (Å²) in [5, 5.41) is 0. The van der Waals surface area contributed by atoms with Gasteiger partial charge in [-0.1, -0.05) is 6.42 Å². The average molecular weight is 239 g/mol. The van der Waals surface area contributed by atoms with Crippen molar-refractivity contribution in [1.82, 2.24) is 9.80 Å². The van der Waals surface area contributed by atoms with E-state index in [1.54, 1.807) is 0 Å². The Balaban J connectivity index is 1.82. The molecule has 4 nitrogen and oxygen atoms in total. The fourth-order valence-corrected chi connectivity index (χ4v) is 3.25. The number of nitrogens with zero attached hydrogens (tertiary/aromatic N) is 2. The molecular formula is C13H25N3O. The number of hydrogen-bond acceptors (Lipinski definition) is 3. The van der Waals surface area contributed by atoms with Crippen LogP contribution in [0.5, 0.6) is 0 Å². The number of nitrogens with two attached hydrogens (primary N) is 1. The maximum atomic E-state index is 11.0. The van der Waals surface area contributed by atoms with Gasteiger partial charge in [0.2, 0.25) is 5.91 Å². The Morgan fingerprint density at radius 2 is 1.94 bits per heavy atom.